The molecule has 1 amide bonds. The molecule has 0 unspecified atom stereocenters. The first kappa shape index (κ1) is 20.6. The van der Waals surface area contributed by atoms with Gasteiger partial charge in [-0.3, -0.25) is 4.79 Å². The molecule has 6 nitrogen and oxygen atoms in total. The van der Waals surface area contributed by atoms with Gasteiger partial charge in [0.1, 0.15) is 17.5 Å². The maximum Gasteiger partial charge on any atom is 0.340 e. The number of esters is 1. The van der Waals surface area contributed by atoms with Gasteiger partial charge >= 0.3 is 5.97 Å². The molecular formula is C21H20FN3O3. The first-order valence-corrected chi connectivity index (χ1v) is 8.75. The predicted molar refractivity (Wildman–Crippen MR) is 104 cm³/mol. The highest BCUT2D eigenvalue weighted by molar-refractivity contribution is 6.07. The summed E-state index contributed by atoms with van der Waals surface area (Å²) in [5.74, 6) is -1.58. The molecule has 2 rings (SSSR count). The minimum absolute atomic E-state index is 0.210. The Hall–Kier alpha value is -3.66. The van der Waals surface area contributed by atoms with Crippen LogP contribution in [0.2, 0.25) is 0 Å². The number of nitrogens with one attached hydrogen (secondary N) is 2. The van der Waals surface area contributed by atoms with Crippen molar-refractivity contribution >= 4 is 23.3 Å². The highest BCUT2D eigenvalue weighted by Gasteiger charge is 2.13. The Bertz CT molecular complexity index is 902. The fraction of sp³-hybridized carbons (Fsp3) is 0.190. The minimum atomic E-state index is -0.662. The van der Waals surface area contributed by atoms with E-state index in [0.717, 1.165) is 12.8 Å². The van der Waals surface area contributed by atoms with E-state index >= 15 is 0 Å². The number of benzene rings is 2. The summed E-state index contributed by atoms with van der Waals surface area (Å²) >= 11 is 0. The molecule has 144 valence electrons. The van der Waals surface area contributed by atoms with Crippen LogP contribution in [-0.4, -0.2) is 18.5 Å². The first-order valence-electron chi connectivity index (χ1n) is 8.75. The molecule has 0 radical (unpaired) electrons. The highest BCUT2D eigenvalue weighted by atomic mass is 19.1. The van der Waals surface area contributed by atoms with Gasteiger partial charge in [0.2, 0.25) is 0 Å². The number of nitrogens with zero attached hydrogens (tertiary/aromatic N) is 1. The normalized spacial score (nSPS) is 10.7. The molecule has 0 saturated heterocycles. The zero-order valence-electron chi connectivity index (χ0n) is 15.4. The summed E-state index contributed by atoms with van der Waals surface area (Å²) in [6.07, 6.45) is 2.88. The van der Waals surface area contributed by atoms with Gasteiger partial charge in [-0.05, 0) is 42.8 Å². The molecule has 0 fully saturated rings. The molecule has 0 aliphatic heterocycles. The van der Waals surface area contributed by atoms with Crippen molar-refractivity contribution in [2.45, 2.75) is 19.8 Å². The summed E-state index contributed by atoms with van der Waals surface area (Å²) in [5, 5.41) is 14.6. The lowest BCUT2D eigenvalue weighted by molar-refractivity contribution is -0.112. The average molecular weight is 381 g/mol. The maximum atomic E-state index is 12.9. The summed E-state index contributed by atoms with van der Waals surface area (Å²) < 4.78 is 18.1. The summed E-state index contributed by atoms with van der Waals surface area (Å²) in [4.78, 5) is 24.4. The quantitative estimate of drug-likeness (QED) is 0.309. The molecule has 0 aliphatic carbocycles. The van der Waals surface area contributed by atoms with E-state index in [0.29, 0.717) is 23.5 Å². The second-order valence-electron chi connectivity index (χ2n) is 5.81. The third-order valence-electron chi connectivity index (χ3n) is 3.72. The van der Waals surface area contributed by atoms with Crippen LogP contribution in [0.25, 0.3) is 0 Å². The van der Waals surface area contributed by atoms with Crippen LogP contribution in [-0.2, 0) is 9.53 Å². The van der Waals surface area contributed by atoms with E-state index < -0.39 is 17.7 Å². The third kappa shape index (κ3) is 5.95. The average Bonchev–Trinajstić information content (AvgIpc) is 2.70. The first-order chi connectivity index (χ1) is 13.5. The van der Waals surface area contributed by atoms with Crippen molar-refractivity contribution in [3.63, 3.8) is 0 Å². The van der Waals surface area contributed by atoms with Gasteiger partial charge in [0.05, 0.1) is 17.9 Å². The Labute approximate surface area is 162 Å². The molecule has 2 N–H and O–H groups in total. The number of amides is 1. The molecule has 0 atom stereocenters. The zero-order valence-corrected chi connectivity index (χ0v) is 15.4. The van der Waals surface area contributed by atoms with Gasteiger partial charge in [0.25, 0.3) is 5.91 Å². The molecule has 7 heteroatoms. The molecular weight excluding hydrogens is 361 g/mol. The second kappa shape index (κ2) is 10.5. The molecule has 0 aliphatic rings. The van der Waals surface area contributed by atoms with Gasteiger partial charge in [-0.25, -0.2) is 9.18 Å². The van der Waals surface area contributed by atoms with Gasteiger partial charge in [-0.2, -0.15) is 5.26 Å². The SMILES string of the molecule is CCCCOC(=O)c1ccccc1N/C=C(/C#N)C(=O)Nc1ccc(F)cc1. The van der Waals surface area contributed by atoms with Gasteiger partial charge < -0.3 is 15.4 Å². The fourth-order valence-electron chi connectivity index (χ4n) is 2.20. The Balaban J connectivity index is 2.10. The largest absolute Gasteiger partial charge is 0.462 e. The van der Waals surface area contributed by atoms with Gasteiger partial charge in [-0.15, -0.1) is 0 Å². The topological polar surface area (TPSA) is 91.2 Å². The van der Waals surface area contributed by atoms with E-state index in [2.05, 4.69) is 10.6 Å². The van der Waals surface area contributed by atoms with Crippen LogP contribution in [0, 0.1) is 17.1 Å². The van der Waals surface area contributed by atoms with Crippen LogP contribution >= 0.6 is 0 Å². The van der Waals surface area contributed by atoms with Crippen LogP contribution in [0.5, 0.6) is 0 Å². The third-order valence-corrected chi connectivity index (χ3v) is 3.72. The van der Waals surface area contributed by atoms with Crippen LogP contribution in [0.3, 0.4) is 0 Å². The molecule has 0 spiro atoms. The van der Waals surface area contributed by atoms with Crippen LogP contribution in [0.1, 0.15) is 30.1 Å². The van der Waals surface area contributed by atoms with Crippen molar-refractivity contribution in [2.75, 3.05) is 17.2 Å². The Morgan fingerprint density at radius 2 is 1.89 bits per heavy atom. The molecule has 0 bridgehead atoms. The predicted octanol–water partition coefficient (Wildman–Crippen LogP) is 4.24. The number of ether oxygens (including phenoxy) is 1. The standard InChI is InChI=1S/C21H20FN3O3/c1-2-3-12-28-21(27)18-6-4-5-7-19(18)24-14-15(13-23)20(26)25-17-10-8-16(22)9-11-17/h4-11,14,24H,2-3,12H2,1H3,(H,25,26)/b15-14-. The monoisotopic (exact) mass is 381 g/mol. The van der Waals surface area contributed by atoms with E-state index in [1.807, 2.05) is 6.92 Å². The Morgan fingerprint density at radius 3 is 2.57 bits per heavy atom. The van der Waals surface area contributed by atoms with Crippen molar-refractivity contribution in [2.24, 2.45) is 0 Å². The van der Waals surface area contributed by atoms with Gasteiger partial charge in [0.15, 0.2) is 0 Å². The number of halogens is 1. The molecule has 28 heavy (non-hydrogen) atoms. The van der Waals surface area contributed by atoms with Gasteiger partial charge in [-0.1, -0.05) is 25.5 Å². The smallest absolute Gasteiger partial charge is 0.340 e. The number of nitriles is 1. The van der Waals surface area contributed by atoms with E-state index in [9.17, 15) is 19.2 Å². The number of carbonyl (C=O) groups excluding carboxylic acids is 2. The molecule has 0 heterocycles. The van der Waals surface area contributed by atoms with Crippen molar-refractivity contribution < 1.29 is 18.7 Å². The molecule has 0 aromatic heterocycles. The molecule has 2 aromatic rings. The van der Waals surface area contributed by atoms with Crippen molar-refractivity contribution in [3.8, 4) is 6.07 Å². The summed E-state index contributed by atoms with van der Waals surface area (Å²) in [6, 6.07) is 13.6. The Kier molecular flexibility index (Phi) is 7.73. The number of hydrogen-bond donors (Lipinski definition) is 2. The number of rotatable bonds is 8. The number of hydrogen-bond acceptors (Lipinski definition) is 5. The van der Waals surface area contributed by atoms with Crippen LogP contribution in [0.4, 0.5) is 15.8 Å². The molecule has 0 saturated carbocycles. The summed E-state index contributed by atoms with van der Waals surface area (Å²) in [7, 11) is 0. The van der Waals surface area contributed by atoms with E-state index in [1.54, 1.807) is 30.3 Å². The van der Waals surface area contributed by atoms with Crippen molar-refractivity contribution in [3.05, 3.63) is 71.7 Å². The van der Waals surface area contributed by atoms with Crippen molar-refractivity contribution in [1.82, 2.24) is 0 Å². The Morgan fingerprint density at radius 1 is 1.18 bits per heavy atom. The zero-order chi connectivity index (χ0) is 20.4. The fourth-order valence-corrected chi connectivity index (χ4v) is 2.20. The summed E-state index contributed by atoms with van der Waals surface area (Å²) in [6.45, 7) is 2.32. The second-order valence-corrected chi connectivity index (χ2v) is 5.81. The maximum absolute atomic E-state index is 12.9. The van der Waals surface area contributed by atoms with Gasteiger partial charge in [0, 0.05) is 11.9 Å². The van der Waals surface area contributed by atoms with Crippen LogP contribution < -0.4 is 10.6 Å². The minimum Gasteiger partial charge on any atom is -0.462 e. The lowest BCUT2D eigenvalue weighted by Crippen LogP contribution is -2.15. The van der Waals surface area contributed by atoms with E-state index in [4.69, 9.17) is 4.74 Å². The number of para-hydroxylation sites is 1. The van der Waals surface area contributed by atoms with E-state index in [1.165, 1.54) is 30.5 Å². The van der Waals surface area contributed by atoms with Crippen LogP contribution in [0.15, 0.2) is 60.3 Å². The highest BCUT2D eigenvalue weighted by Crippen LogP contribution is 2.17. The van der Waals surface area contributed by atoms with Crippen molar-refractivity contribution in [1.29, 1.82) is 5.26 Å². The summed E-state index contributed by atoms with van der Waals surface area (Å²) in [5.41, 5.74) is 0.850. The molecule has 2 aromatic carbocycles. The number of anilines is 2. The number of carbonyl (C=O) groups is 2. The number of unbranched alkanes of at least 4 members (excludes halogenated alkanes) is 1. The lowest BCUT2D eigenvalue weighted by Gasteiger charge is -2.10. The van der Waals surface area contributed by atoms with E-state index in [-0.39, 0.29) is 5.57 Å². The lowest BCUT2D eigenvalue weighted by atomic mass is 10.1.